The summed E-state index contributed by atoms with van der Waals surface area (Å²) in [4.78, 5) is 12.6. The third-order valence-electron chi connectivity index (χ3n) is 5.18. The summed E-state index contributed by atoms with van der Waals surface area (Å²) in [5, 5.41) is 2.62. The van der Waals surface area contributed by atoms with Gasteiger partial charge in [0.2, 0.25) is 15.9 Å². The molecule has 0 atom stereocenters. The van der Waals surface area contributed by atoms with Crippen LogP contribution in [0.4, 0.5) is 17.1 Å². The Labute approximate surface area is 200 Å². The number of hydrogen-bond acceptors (Lipinski definition) is 5. The van der Waals surface area contributed by atoms with E-state index in [-0.39, 0.29) is 4.90 Å². The number of anilines is 3. The first kappa shape index (κ1) is 25.3. The highest BCUT2D eigenvalue weighted by Crippen LogP contribution is 2.22. The molecule has 0 fully saturated rings. The topological polar surface area (TPSA) is 113 Å². The standard InChI is InChI=1S/C24H27N3O5S2/c1-17-6-5-7-21(14-17)26-34(31,32)23-12-9-20(10-13-23)25-24(28)16-27(33(4,29)30)22-11-8-18(2)19(3)15-22/h5-15,26H,16H2,1-4H3,(H,25,28). The molecule has 10 heteroatoms. The van der Waals surface area contributed by atoms with E-state index in [1.54, 1.807) is 36.4 Å². The highest BCUT2D eigenvalue weighted by atomic mass is 32.2. The fourth-order valence-electron chi connectivity index (χ4n) is 3.25. The number of rotatable bonds is 8. The van der Waals surface area contributed by atoms with Gasteiger partial charge >= 0.3 is 0 Å². The first-order valence-electron chi connectivity index (χ1n) is 10.4. The number of carbonyl (C=O) groups is 1. The van der Waals surface area contributed by atoms with Crippen molar-refractivity contribution in [2.75, 3.05) is 27.1 Å². The largest absolute Gasteiger partial charge is 0.325 e. The molecule has 3 aromatic rings. The molecule has 0 spiro atoms. The quantitative estimate of drug-likeness (QED) is 0.487. The molecule has 2 N–H and O–H groups in total. The summed E-state index contributed by atoms with van der Waals surface area (Å²) in [5.41, 5.74) is 4.01. The Balaban J connectivity index is 1.72. The van der Waals surface area contributed by atoms with Crippen molar-refractivity contribution >= 4 is 43.0 Å². The molecule has 0 unspecified atom stereocenters. The number of carbonyl (C=O) groups excluding carboxylic acids is 1. The number of benzene rings is 3. The summed E-state index contributed by atoms with van der Waals surface area (Å²) in [7, 11) is -7.52. The van der Waals surface area contributed by atoms with Crippen molar-refractivity contribution in [2.24, 2.45) is 0 Å². The molecule has 0 aliphatic carbocycles. The fraction of sp³-hybridized carbons (Fsp3) is 0.208. The van der Waals surface area contributed by atoms with Crippen molar-refractivity contribution in [3.05, 3.63) is 83.4 Å². The lowest BCUT2D eigenvalue weighted by Gasteiger charge is -2.22. The van der Waals surface area contributed by atoms with Crippen LogP contribution in [0, 0.1) is 20.8 Å². The second-order valence-corrected chi connectivity index (χ2v) is 11.7. The zero-order valence-electron chi connectivity index (χ0n) is 19.4. The Bertz CT molecular complexity index is 1420. The lowest BCUT2D eigenvalue weighted by Crippen LogP contribution is -2.37. The molecule has 0 bridgehead atoms. The van der Waals surface area contributed by atoms with E-state index in [1.165, 1.54) is 24.3 Å². The summed E-state index contributed by atoms with van der Waals surface area (Å²) in [6.07, 6.45) is 1.04. The summed E-state index contributed by atoms with van der Waals surface area (Å²) >= 11 is 0. The van der Waals surface area contributed by atoms with E-state index in [4.69, 9.17) is 0 Å². The maximum atomic E-state index is 12.6. The average molecular weight is 502 g/mol. The molecular weight excluding hydrogens is 474 g/mol. The van der Waals surface area contributed by atoms with Gasteiger partial charge in [-0.15, -0.1) is 0 Å². The highest BCUT2D eigenvalue weighted by Gasteiger charge is 2.21. The first-order valence-corrected chi connectivity index (χ1v) is 13.7. The molecule has 0 aliphatic heterocycles. The number of sulfonamides is 2. The van der Waals surface area contributed by atoms with Crippen LogP contribution in [0.25, 0.3) is 0 Å². The molecule has 0 saturated heterocycles. The van der Waals surface area contributed by atoms with E-state index in [2.05, 4.69) is 10.0 Å². The molecule has 0 aliphatic rings. The first-order chi connectivity index (χ1) is 15.8. The number of nitrogens with zero attached hydrogens (tertiary/aromatic N) is 1. The van der Waals surface area contributed by atoms with Crippen LogP contribution in [-0.2, 0) is 24.8 Å². The third kappa shape index (κ3) is 6.36. The molecule has 0 aromatic heterocycles. The summed E-state index contributed by atoms with van der Waals surface area (Å²) < 4.78 is 53.4. The smallest absolute Gasteiger partial charge is 0.261 e. The zero-order chi connectivity index (χ0) is 25.1. The van der Waals surface area contributed by atoms with Crippen LogP contribution in [0.5, 0.6) is 0 Å². The molecular formula is C24H27N3O5S2. The molecule has 0 saturated carbocycles. The molecule has 34 heavy (non-hydrogen) atoms. The van der Waals surface area contributed by atoms with E-state index in [9.17, 15) is 21.6 Å². The van der Waals surface area contributed by atoms with E-state index >= 15 is 0 Å². The van der Waals surface area contributed by atoms with Gasteiger partial charge in [0.15, 0.2) is 0 Å². The van der Waals surface area contributed by atoms with Crippen molar-refractivity contribution < 1.29 is 21.6 Å². The van der Waals surface area contributed by atoms with Gasteiger partial charge in [-0.3, -0.25) is 13.8 Å². The predicted octanol–water partition coefficient (Wildman–Crippen LogP) is 3.82. The molecule has 0 radical (unpaired) electrons. The minimum Gasteiger partial charge on any atom is -0.325 e. The summed E-state index contributed by atoms with van der Waals surface area (Å²) in [5.74, 6) is -0.558. The van der Waals surface area contributed by atoms with Gasteiger partial charge < -0.3 is 5.32 Å². The number of amides is 1. The van der Waals surface area contributed by atoms with Crippen LogP contribution >= 0.6 is 0 Å². The number of aryl methyl sites for hydroxylation is 3. The normalized spacial score (nSPS) is 11.6. The highest BCUT2D eigenvalue weighted by molar-refractivity contribution is 7.92. The Kier molecular flexibility index (Phi) is 7.32. The van der Waals surface area contributed by atoms with Gasteiger partial charge in [0.05, 0.1) is 16.8 Å². The average Bonchev–Trinajstić information content (AvgIpc) is 2.73. The van der Waals surface area contributed by atoms with Gasteiger partial charge in [-0.05, 0) is 86.0 Å². The molecule has 180 valence electrons. The minimum atomic E-state index is -3.81. The summed E-state index contributed by atoms with van der Waals surface area (Å²) in [6, 6.07) is 17.8. The number of nitrogens with one attached hydrogen (secondary N) is 2. The van der Waals surface area contributed by atoms with Crippen molar-refractivity contribution in [2.45, 2.75) is 25.7 Å². The molecule has 0 heterocycles. The van der Waals surface area contributed by atoms with Crippen LogP contribution < -0.4 is 14.3 Å². The predicted molar refractivity (Wildman–Crippen MR) is 135 cm³/mol. The number of hydrogen-bond donors (Lipinski definition) is 2. The maximum Gasteiger partial charge on any atom is 0.261 e. The van der Waals surface area contributed by atoms with Crippen LogP contribution in [0.2, 0.25) is 0 Å². The van der Waals surface area contributed by atoms with E-state index in [0.29, 0.717) is 17.1 Å². The van der Waals surface area contributed by atoms with E-state index in [0.717, 1.165) is 27.3 Å². The Morgan fingerprint density at radius 1 is 0.824 bits per heavy atom. The van der Waals surface area contributed by atoms with Crippen LogP contribution in [-0.4, -0.2) is 35.5 Å². The van der Waals surface area contributed by atoms with Crippen molar-refractivity contribution in [3.63, 3.8) is 0 Å². The molecule has 8 nitrogen and oxygen atoms in total. The molecule has 1 amide bonds. The minimum absolute atomic E-state index is 0.0277. The van der Waals surface area contributed by atoms with Gasteiger partial charge in [-0.1, -0.05) is 18.2 Å². The SMILES string of the molecule is Cc1cccc(NS(=O)(=O)c2ccc(NC(=O)CN(c3ccc(C)c(C)c3)S(C)(=O)=O)cc2)c1. The van der Waals surface area contributed by atoms with Gasteiger partial charge in [0, 0.05) is 11.4 Å². The monoisotopic (exact) mass is 501 g/mol. The Morgan fingerprint density at radius 3 is 2.09 bits per heavy atom. The fourth-order valence-corrected chi connectivity index (χ4v) is 5.15. The van der Waals surface area contributed by atoms with Crippen molar-refractivity contribution in [3.8, 4) is 0 Å². The maximum absolute atomic E-state index is 12.6. The van der Waals surface area contributed by atoms with Gasteiger partial charge in [-0.25, -0.2) is 16.8 Å². The lowest BCUT2D eigenvalue weighted by molar-refractivity contribution is -0.114. The van der Waals surface area contributed by atoms with E-state index < -0.39 is 32.5 Å². The second kappa shape index (κ2) is 9.86. The van der Waals surface area contributed by atoms with Crippen LogP contribution in [0.1, 0.15) is 16.7 Å². The van der Waals surface area contributed by atoms with Gasteiger partial charge in [-0.2, -0.15) is 0 Å². The molecule has 3 aromatic carbocycles. The van der Waals surface area contributed by atoms with Gasteiger partial charge in [0.1, 0.15) is 6.54 Å². The van der Waals surface area contributed by atoms with Crippen LogP contribution in [0.15, 0.2) is 71.6 Å². The Hall–Kier alpha value is -3.37. The lowest BCUT2D eigenvalue weighted by atomic mass is 10.1. The summed E-state index contributed by atoms with van der Waals surface area (Å²) in [6.45, 7) is 5.22. The van der Waals surface area contributed by atoms with Gasteiger partial charge in [0.25, 0.3) is 10.0 Å². The third-order valence-corrected chi connectivity index (χ3v) is 7.72. The van der Waals surface area contributed by atoms with Crippen molar-refractivity contribution in [1.82, 2.24) is 0 Å². The van der Waals surface area contributed by atoms with Crippen molar-refractivity contribution in [1.29, 1.82) is 0 Å². The Morgan fingerprint density at radius 2 is 1.50 bits per heavy atom. The van der Waals surface area contributed by atoms with Crippen LogP contribution in [0.3, 0.4) is 0 Å². The van der Waals surface area contributed by atoms with E-state index in [1.807, 2.05) is 26.8 Å². The second-order valence-electron chi connectivity index (χ2n) is 8.09. The zero-order valence-corrected chi connectivity index (χ0v) is 21.0. The molecule has 3 rings (SSSR count).